The van der Waals surface area contributed by atoms with Crippen LogP contribution in [0.1, 0.15) is 51.4 Å². The number of rotatable bonds is 7. The fourth-order valence-corrected chi connectivity index (χ4v) is 2.65. The third kappa shape index (κ3) is 3.53. The summed E-state index contributed by atoms with van der Waals surface area (Å²) in [6, 6.07) is 0. The second-order valence-corrected chi connectivity index (χ2v) is 5.28. The van der Waals surface area contributed by atoms with E-state index in [1.165, 1.54) is 0 Å². The van der Waals surface area contributed by atoms with Gasteiger partial charge in [0.2, 0.25) is 5.91 Å². The highest BCUT2D eigenvalue weighted by atomic mass is 16.2. The number of hydrogen-bond donors (Lipinski definition) is 3. The number of amides is 1. The van der Waals surface area contributed by atoms with E-state index < -0.39 is 11.4 Å². The van der Waals surface area contributed by atoms with Gasteiger partial charge in [-0.2, -0.15) is 0 Å². The van der Waals surface area contributed by atoms with Crippen molar-refractivity contribution in [3.8, 4) is 0 Å². The van der Waals surface area contributed by atoms with Gasteiger partial charge in [-0.15, -0.1) is 0 Å². The van der Waals surface area contributed by atoms with E-state index in [1.807, 2.05) is 0 Å². The summed E-state index contributed by atoms with van der Waals surface area (Å²) in [5.41, 5.74) is 15.3. The van der Waals surface area contributed by atoms with Crippen LogP contribution in [0.2, 0.25) is 0 Å². The highest BCUT2D eigenvalue weighted by molar-refractivity contribution is 6.10. The summed E-state index contributed by atoms with van der Waals surface area (Å²) in [5, 5.41) is 0. The molecule has 1 amide bonds. The molecule has 1 atom stereocenters. The molecule has 1 fully saturated rings. The summed E-state index contributed by atoms with van der Waals surface area (Å²) in [6.45, 7) is 0.534. The highest BCUT2D eigenvalue weighted by Gasteiger charge is 2.43. The topological polar surface area (TPSA) is 112 Å². The van der Waals surface area contributed by atoms with Crippen molar-refractivity contribution in [1.29, 1.82) is 0 Å². The Balaban J connectivity index is 2.69. The first-order valence-electron chi connectivity index (χ1n) is 6.85. The number of unbranched alkanes of at least 4 members (excludes halogenated alkanes) is 1. The van der Waals surface area contributed by atoms with Gasteiger partial charge >= 0.3 is 0 Å². The number of hydrogen-bond acceptors (Lipinski definition) is 4. The summed E-state index contributed by atoms with van der Waals surface area (Å²) in [4.78, 5) is 23.9. The summed E-state index contributed by atoms with van der Waals surface area (Å²) < 4.78 is 0. The van der Waals surface area contributed by atoms with Gasteiger partial charge in [-0.05, 0) is 38.6 Å². The maximum absolute atomic E-state index is 12.4. The molecule has 5 nitrogen and oxygen atoms in total. The Morgan fingerprint density at radius 1 is 1.11 bits per heavy atom. The second-order valence-electron chi connectivity index (χ2n) is 5.28. The Morgan fingerprint density at radius 2 is 1.72 bits per heavy atom. The third-order valence-electron chi connectivity index (χ3n) is 3.88. The van der Waals surface area contributed by atoms with Gasteiger partial charge in [0.05, 0.1) is 0 Å². The van der Waals surface area contributed by atoms with Crippen molar-refractivity contribution in [2.75, 3.05) is 6.54 Å². The molecule has 0 aromatic heterocycles. The Kier molecular flexibility index (Phi) is 5.75. The Hall–Kier alpha value is -0.940. The lowest BCUT2D eigenvalue weighted by atomic mass is 9.76. The number of nitrogens with two attached hydrogens (primary N) is 3. The largest absolute Gasteiger partial charge is 0.368 e. The van der Waals surface area contributed by atoms with E-state index in [4.69, 9.17) is 17.2 Å². The van der Waals surface area contributed by atoms with Gasteiger partial charge in [-0.25, -0.2) is 0 Å². The molecule has 1 rings (SSSR count). The first kappa shape index (κ1) is 15.1. The minimum absolute atomic E-state index is 0.0888. The monoisotopic (exact) mass is 255 g/mol. The van der Waals surface area contributed by atoms with E-state index in [2.05, 4.69) is 0 Å². The molecule has 0 unspecified atom stereocenters. The quantitative estimate of drug-likeness (QED) is 0.453. The van der Waals surface area contributed by atoms with Crippen LogP contribution in [0.3, 0.4) is 0 Å². The van der Waals surface area contributed by atoms with Gasteiger partial charge in [-0.1, -0.05) is 19.3 Å². The van der Waals surface area contributed by atoms with Gasteiger partial charge in [0.25, 0.3) is 0 Å². The van der Waals surface area contributed by atoms with Gasteiger partial charge in [-0.3, -0.25) is 9.59 Å². The molecule has 0 aliphatic heterocycles. The van der Waals surface area contributed by atoms with Crippen molar-refractivity contribution >= 4 is 11.7 Å². The minimum atomic E-state index is -1.49. The molecule has 0 heterocycles. The maximum atomic E-state index is 12.4. The predicted octanol–water partition coefficient (Wildman–Crippen LogP) is 0.448. The Labute approximate surface area is 108 Å². The molecule has 1 aliphatic rings. The van der Waals surface area contributed by atoms with Crippen molar-refractivity contribution in [1.82, 2.24) is 0 Å². The lowest BCUT2D eigenvalue weighted by Crippen LogP contribution is -2.60. The van der Waals surface area contributed by atoms with Gasteiger partial charge in [0.15, 0.2) is 11.3 Å². The molecular formula is C13H25N3O2. The summed E-state index contributed by atoms with van der Waals surface area (Å²) in [7, 11) is 0. The van der Waals surface area contributed by atoms with Crippen molar-refractivity contribution in [3.63, 3.8) is 0 Å². The fourth-order valence-electron chi connectivity index (χ4n) is 2.65. The lowest BCUT2D eigenvalue weighted by molar-refractivity contribution is -0.137. The van der Waals surface area contributed by atoms with Crippen LogP contribution in [0.4, 0.5) is 0 Å². The van der Waals surface area contributed by atoms with E-state index in [-0.39, 0.29) is 11.7 Å². The molecule has 0 saturated heterocycles. The molecule has 18 heavy (non-hydrogen) atoms. The average Bonchev–Trinajstić information content (AvgIpc) is 2.38. The molecule has 0 aromatic rings. The molecule has 0 radical (unpaired) electrons. The smallest absolute Gasteiger partial charge is 0.245 e. The number of ketones is 1. The van der Waals surface area contributed by atoms with Crippen molar-refractivity contribution in [3.05, 3.63) is 0 Å². The van der Waals surface area contributed by atoms with Crippen molar-refractivity contribution < 1.29 is 9.59 Å². The van der Waals surface area contributed by atoms with Crippen molar-refractivity contribution in [2.45, 2.75) is 56.9 Å². The van der Waals surface area contributed by atoms with E-state index in [0.717, 1.165) is 38.5 Å². The fraction of sp³-hybridized carbons (Fsp3) is 0.846. The zero-order valence-corrected chi connectivity index (χ0v) is 11.0. The Bertz CT molecular complexity index is 301. The number of carbonyl (C=O) groups excluding carboxylic acids is 2. The van der Waals surface area contributed by atoms with E-state index in [0.29, 0.717) is 19.4 Å². The van der Waals surface area contributed by atoms with Crippen LogP contribution in [0, 0.1) is 5.92 Å². The third-order valence-corrected chi connectivity index (χ3v) is 3.88. The average molecular weight is 255 g/mol. The molecule has 6 N–H and O–H groups in total. The van der Waals surface area contributed by atoms with Gasteiger partial charge in [0.1, 0.15) is 0 Å². The standard InChI is InChI=1S/C13H25N3O2/c14-9-5-4-8-13(16,12(15)18)11(17)10-6-2-1-3-7-10/h10H,1-9,14,16H2,(H2,15,18)/t13-/m1/s1. The van der Waals surface area contributed by atoms with Crippen LogP contribution < -0.4 is 17.2 Å². The normalized spacial score (nSPS) is 20.3. The molecule has 5 heteroatoms. The van der Waals surface area contributed by atoms with Gasteiger partial charge < -0.3 is 17.2 Å². The minimum Gasteiger partial charge on any atom is -0.368 e. The first-order chi connectivity index (χ1) is 8.52. The maximum Gasteiger partial charge on any atom is 0.245 e. The van der Waals surface area contributed by atoms with Crippen LogP contribution in [0.25, 0.3) is 0 Å². The molecule has 104 valence electrons. The zero-order chi connectivity index (χ0) is 13.6. The van der Waals surface area contributed by atoms with Crippen LogP contribution in [-0.4, -0.2) is 23.8 Å². The van der Waals surface area contributed by atoms with E-state index in [1.54, 1.807) is 0 Å². The number of carbonyl (C=O) groups is 2. The number of Topliss-reactive ketones (excluding diaryl/α,β-unsaturated/α-hetero) is 1. The van der Waals surface area contributed by atoms with Crippen LogP contribution in [0.5, 0.6) is 0 Å². The van der Waals surface area contributed by atoms with Crippen LogP contribution in [-0.2, 0) is 9.59 Å². The molecular weight excluding hydrogens is 230 g/mol. The highest BCUT2D eigenvalue weighted by Crippen LogP contribution is 2.29. The van der Waals surface area contributed by atoms with Crippen LogP contribution >= 0.6 is 0 Å². The second kappa shape index (κ2) is 6.85. The first-order valence-corrected chi connectivity index (χ1v) is 6.85. The summed E-state index contributed by atoms with van der Waals surface area (Å²) in [5.74, 6) is -0.948. The molecule has 0 spiro atoms. The predicted molar refractivity (Wildman–Crippen MR) is 70.6 cm³/mol. The SMILES string of the molecule is NCCCC[C@](N)(C(N)=O)C(=O)C1CCCCC1. The molecule has 0 bridgehead atoms. The number of primary amides is 1. The van der Waals surface area contributed by atoms with Crippen molar-refractivity contribution in [2.24, 2.45) is 23.1 Å². The molecule has 1 saturated carbocycles. The molecule has 0 aromatic carbocycles. The van der Waals surface area contributed by atoms with E-state index >= 15 is 0 Å². The summed E-state index contributed by atoms with van der Waals surface area (Å²) in [6.07, 6.45) is 6.63. The molecule has 1 aliphatic carbocycles. The van der Waals surface area contributed by atoms with E-state index in [9.17, 15) is 9.59 Å². The van der Waals surface area contributed by atoms with Crippen LogP contribution in [0.15, 0.2) is 0 Å². The Morgan fingerprint density at radius 3 is 2.22 bits per heavy atom. The zero-order valence-electron chi connectivity index (χ0n) is 11.0. The lowest BCUT2D eigenvalue weighted by Gasteiger charge is -2.30. The van der Waals surface area contributed by atoms with Gasteiger partial charge in [0, 0.05) is 5.92 Å². The summed E-state index contributed by atoms with van der Waals surface area (Å²) >= 11 is 0.